The number of ether oxygens (including phenoxy) is 1. The number of hydrogen-bond acceptors (Lipinski definition) is 4. The lowest BCUT2D eigenvalue weighted by atomic mass is 9.73. The highest BCUT2D eigenvalue weighted by molar-refractivity contribution is 5.82. The largest absolute Gasteiger partial charge is 0.456 e. The third-order valence-corrected chi connectivity index (χ3v) is 6.04. The van der Waals surface area contributed by atoms with E-state index in [4.69, 9.17) is 4.74 Å². The summed E-state index contributed by atoms with van der Waals surface area (Å²) in [6.45, 7) is 7.95. The minimum atomic E-state index is -0.246. The molecule has 3 saturated heterocycles. The van der Waals surface area contributed by atoms with Crippen LogP contribution in [0.25, 0.3) is 10.9 Å². The summed E-state index contributed by atoms with van der Waals surface area (Å²) in [6.07, 6.45) is 6.33. The summed E-state index contributed by atoms with van der Waals surface area (Å²) >= 11 is 0. The van der Waals surface area contributed by atoms with Crippen LogP contribution in [0.2, 0.25) is 0 Å². The highest BCUT2D eigenvalue weighted by Crippen LogP contribution is 2.43. The number of nitrogens with zero attached hydrogens (tertiary/aromatic N) is 2. The van der Waals surface area contributed by atoms with Gasteiger partial charge >= 0.3 is 5.97 Å². The molecule has 2 bridgehead atoms. The Hall–Kier alpha value is -2.20. The van der Waals surface area contributed by atoms with E-state index in [0.717, 1.165) is 36.0 Å². The van der Waals surface area contributed by atoms with Crippen molar-refractivity contribution in [3.8, 4) is 0 Å². The third-order valence-electron chi connectivity index (χ3n) is 6.04. The maximum atomic E-state index is 12.2. The molecule has 5 atom stereocenters. The van der Waals surface area contributed by atoms with Crippen LogP contribution in [0.3, 0.4) is 0 Å². The van der Waals surface area contributed by atoms with Gasteiger partial charge < -0.3 is 4.74 Å². The Bertz CT molecular complexity index is 813. The van der Waals surface area contributed by atoms with Gasteiger partial charge in [0.1, 0.15) is 6.10 Å². The van der Waals surface area contributed by atoms with Gasteiger partial charge in [0.25, 0.3) is 0 Å². The van der Waals surface area contributed by atoms with Crippen molar-refractivity contribution in [2.24, 2.45) is 11.8 Å². The Balaban J connectivity index is 1.73. The molecular formula is C22H26N2O2. The minimum Gasteiger partial charge on any atom is -0.456 e. The molecule has 4 nitrogen and oxygen atoms in total. The molecule has 3 fully saturated rings. The summed E-state index contributed by atoms with van der Waals surface area (Å²) in [7, 11) is 0. The van der Waals surface area contributed by atoms with Crippen LogP contribution in [0.4, 0.5) is 0 Å². The van der Waals surface area contributed by atoms with Gasteiger partial charge in [0.05, 0.1) is 11.6 Å². The van der Waals surface area contributed by atoms with E-state index in [1.807, 2.05) is 37.4 Å². The zero-order chi connectivity index (χ0) is 18.1. The Morgan fingerprint density at radius 3 is 3.00 bits per heavy atom. The lowest BCUT2D eigenvalue weighted by molar-refractivity contribution is -0.156. The van der Waals surface area contributed by atoms with Crippen molar-refractivity contribution in [3.63, 3.8) is 0 Å². The van der Waals surface area contributed by atoms with E-state index in [-0.39, 0.29) is 18.1 Å². The Morgan fingerprint density at radius 1 is 1.42 bits per heavy atom. The van der Waals surface area contributed by atoms with Crippen LogP contribution in [-0.4, -0.2) is 35.0 Å². The maximum absolute atomic E-state index is 12.2. The molecule has 0 aliphatic carbocycles. The van der Waals surface area contributed by atoms with E-state index in [0.29, 0.717) is 18.3 Å². The summed E-state index contributed by atoms with van der Waals surface area (Å²) in [5, 5.41) is 1.08. The van der Waals surface area contributed by atoms with Gasteiger partial charge in [-0.1, -0.05) is 31.2 Å². The second kappa shape index (κ2) is 7.20. The molecule has 2 aromatic rings. The first-order valence-electron chi connectivity index (χ1n) is 9.61. The van der Waals surface area contributed by atoms with E-state index in [2.05, 4.69) is 28.6 Å². The number of para-hydroxylation sites is 1. The van der Waals surface area contributed by atoms with Crippen LogP contribution in [-0.2, 0) is 9.53 Å². The van der Waals surface area contributed by atoms with Gasteiger partial charge in [0.2, 0.25) is 0 Å². The first-order valence-corrected chi connectivity index (χ1v) is 9.61. The molecule has 136 valence electrons. The smallest absolute Gasteiger partial charge is 0.306 e. The lowest BCUT2D eigenvalue weighted by Crippen LogP contribution is -2.55. The molecule has 0 radical (unpaired) electrons. The van der Waals surface area contributed by atoms with Crippen LogP contribution in [0, 0.1) is 11.8 Å². The molecule has 4 heteroatoms. The van der Waals surface area contributed by atoms with Crippen molar-refractivity contribution in [2.45, 2.75) is 38.3 Å². The van der Waals surface area contributed by atoms with Gasteiger partial charge in [-0.3, -0.25) is 14.7 Å². The van der Waals surface area contributed by atoms with Crippen molar-refractivity contribution < 1.29 is 9.53 Å². The quantitative estimate of drug-likeness (QED) is 0.601. The van der Waals surface area contributed by atoms with Crippen molar-refractivity contribution in [3.05, 3.63) is 54.7 Å². The average Bonchev–Trinajstić information content (AvgIpc) is 2.71. The van der Waals surface area contributed by atoms with Crippen molar-refractivity contribution >= 4 is 16.9 Å². The predicted molar refractivity (Wildman–Crippen MR) is 103 cm³/mol. The highest BCUT2D eigenvalue weighted by atomic mass is 16.5. The van der Waals surface area contributed by atoms with E-state index in [1.54, 1.807) is 0 Å². The van der Waals surface area contributed by atoms with Gasteiger partial charge in [-0.05, 0) is 43.4 Å². The maximum Gasteiger partial charge on any atom is 0.306 e. The first-order chi connectivity index (χ1) is 12.7. The number of piperidine rings is 3. The van der Waals surface area contributed by atoms with Gasteiger partial charge in [0, 0.05) is 30.1 Å². The van der Waals surface area contributed by atoms with Gasteiger partial charge in [0.15, 0.2) is 0 Å². The molecular weight excluding hydrogens is 324 g/mol. The van der Waals surface area contributed by atoms with Crippen LogP contribution >= 0.6 is 0 Å². The normalized spacial score (nSPS) is 28.7. The molecule has 0 amide bonds. The SMILES string of the molecule is C=C[C@H]1CN2CC[C@H]1C[C@H]2[C@H](OC(=O)CC)c1ccnc2ccccc12. The fourth-order valence-corrected chi connectivity index (χ4v) is 4.63. The van der Waals surface area contributed by atoms with Crippen molar-refractivity contribution in [1.29, 1.82) is 0 Å². The number of benzene rings is 1. The number of carbonyl (C=O) groups excluding carboxylic acids is 1. The van der Waals surface area contributed by atoms with E-state index in [9.17, 15) is 4.79 Å². The molecule has 0 spiro atoms. The number of aromatic nitrogens is 1. The molecule has 1 aromatic heterocycles. The molecule has 4 heterocycles. The highest BCUT2D eigenvalue weighted by Gasteiger charge is 2.44. The summed E-state index contributed by atoms with van der Waals surface area (Å²) in [5.74, 6) is 1.05. The fourth-order valence-electron chi connectivity index (χ4n) is 4.63. The topological polar surface area (TPSA) is 42.4 Å². The standard InChI is InChI=1S/C22H26N2O2/c1-3-15-14-24-12-10-16(15)13-20(24)22(26-21(25)4-2)18-9-11-23-19-8-6-5-7-17(18)19/h3,5-9,11,15-16,20,22H,1,4,10,12-14H2,2H3/t15-,16-,20-,22+/m0/s1. The molecule has 1 aromatic carbocycles. The van der Waals surface area contributed by atoms with E-state index < -0.39 is 0 Å². The first kappa shape index (κ1) is 17.2. The summed E-state index contributed by atoms with van der Waals surface area (Å²) in [5.41, 5.74) is 2.02. The Labute approximate surface area is 154 Å². The molecule has 1 unspecified atom stereocenters. The van der Waals surface area contributed by atoms with Crippen LogP contribution in [0.5, 0.6) is 0 Å². The monoisotopic (exact) mass is 350 g/mol. The average molecular weight is 350 g/mol. The number of hydrogen-bond donors (Lipinski definition) is 0. The minimum absolute atomic E-state index is 0.140. The van der Waals surface area contributed by atoms with E-state index >= 15 is 0 Å². The lowest BCUT2D eigenvalue weighted by Gasteiger charge is -2.51. The second-order valence-electron chi connectivity index (χ2n) is 7.43. The molecule has 3 aliphatic rings. The summed E-state index contributed by atoms with van der Waals surface area (Å²) < 4.78 is 6.02. The zero-order valence-electron chi connectivity index (χ0n) is 15.3. The van der Waals surface area contributed by atoms with Gasteiger partial charge in [-0.2, -0.15) is 0 Å². The zero-order valence-corrected chi connectivity index (χ0v) is 15.3. The van der Waals surface area contributed by atoms with Gasteiger partial charge in [-0.25, -0.2) is 0 Å². The number of rotatable bonds is 5. The third kappa shape index (κ3) is 3.03. The Kier molecular flexibility index (Phi) is 4.77. The van der Waals surface area contributed by atoms with Gasteiger partial charge in [-0.15, -0.1) is 6.58 Å². The molecule has 5 rings (SSSR count). The number of esters is 1. The number of pyridine rings is 1. The number of carbonyl (C=O) groups is 1. The Morgan fingerprint density at radius 2 is 2.27 bits per heavy atom. The summed E-state index contributed by atoms with van der Waals surface area (Å²) in [6, 6.07) is 10.3. The van der Waals surface area contributed by atoms with Crippen LogP contribution < -0.4 is 0 Å². The molecule has 0 saturated carbocycles. The molecule has 3 aliphatic heterocycles. The van der Waals surface area contributed by atoms with Crippen LogP contribution in [0.1, 0.15) is 37.9 Å². The number of fused-ring (bicyclic) bond motifs is 4. The molecule has 0 N–H and O–H groups in total. The van der Waals surface area contributed by atoms with E-state index in [1.165, 1.54) is 6.42 Å². The molecule has 26 heavy (non-hydrogen) atoms. The van der Waals surface area contributed by atoms with Crippen LogP contribution in [0.15, 0.2) is 49.2 Å². The van der Waals surface area contributed by atoms with Crippen molar-refractivity contribution in [2.75, 3.05) is 13.1 Å². The summed E-state index contributed by atoms with van der Waals surface area (Å²) in [4.78, 5) is 19.2. The predicted octanol–water partition coefficient (Wildman–Crippen LogP) is 4.13. The second-order valence-corrected chi connectivity index (χ2v) is 7.43. The fraction of sp³-hybridized carbons (Fsp3) is 0.455. The van der Waals surface area contributed by atoms with Crippen molar-refractivity contribution in [1.82, 2.24) is 9.88 Å².